The van der Waals surface area contributed by atoms with Crippen LogP contribution in [-0.4, -0.2) is 45.1 Å². The van der Waals surface area contributed by atoms with Crippen molar-refractivity contribution in [2.24, 2.45) is 47.0 Å². The number of benzene rings is 2. The molecule has 9 N–H and O–H groups in total. The summed E-state index contributed by atoms with van der Waals surface area (Å²) in [5.74, 6) is -1.12. The van der Waals surface area contributed by atoms with Crippen LogP contribution in [0.25, 0.3) is 21.8 Å². The Morgan fingerprint density at radius 1 is 0.641 bits per heavy atom. The zero-order chi connectivity index (χ0) is 29.7. The van der Waals surface area contributed by atoms with Gasteiger partial charge in [0.2, 0.25) is 11.8 Å². The summed E-state index contributed by atoms with van der Waals surface area (Å²) in [4.78, 5) is 26.0. The van der Waals surface area contributed by atoms with E-state index in [9.17, 15) is 9.59 Å². The number of hydrogen-bond acceptors (Lipinski definition) is 3. The molecule has 0 atom stereocenters. The van der Waals surface area contributed by atoms with Crippen molar-refractivity contribution < 1.29 is 14.7 Å². The molecule has 0 saturated carbocycles. The Morgan fingerprint density at radius 2 is 0.923 bits per heavy atom. The number of fused-ring (bicyclic) bond motifs is 2. The summed E-state index contributed by atoms with van der Waals surface area (Å²) in [6.07, 6.45) is 4.15. The Hall–Kier alpha value is -4.64. The van der Waals surface area contributed by atoms with Crippen LogP contribution >= 0.6 is 0 Å². The van der Waals surface area contributed by atoms with E-state index in [4.69, 9.17) is 28.0 Å². The number of aryl methyl sites for hydroxylation is 2. The minimum absolute atomic E-state index is 0. The predicted molar refractivity (Wildman–Crippen MR) is 165 cm³/mol. The maximum absolute atomic E-state index is 9.91. The minimum atomic E-state index is -0.375. The van der Waals surface area contributed by atoms with Gasteiger partial charge in [-0.2, -0.15) is 9.98 Å². The van der Waals surface area contributed by atoms with Gasteiger partial charge < -0.3 is 37.2 Å². The van der Waals surface area contributed by atoms with Crippen LogP contribution in [-0.2, 0) is 23.7 Å². The molecule has 4 aromatic rings. The molecule has 2 amide bonds. The van der Waals surface area contributed by atoms with Gasteiger partial charge in [0.1, 0.15) is 0 Å². The van der Waals surface area contributed by atoms with E-state index in [2.05, 4.69) is 106 Å². The Balaban J connectivity index is -0.000000428. The predicted octanol–water partition coefficient (Wildman–Crippen LogP) is 3.24. The third kappa shape index (κ3) is 17.5. The highest BCUT2D eigenvalue weighted by atomic mass is 16.2. The van der Waals surface area contributed by atoms with Crippen molar-refractivity contribution in [1.29, 1.82) is 0 Å². The molecule has 0 bridgehead atoms. The standard InChI is InChI=1S/2C9H9N.2C3H7N3O.C2H6.CH4O.CH4/c2*1-10-7-6-8-4-2-3-5-9(8)10;2*1-2(7)6-3(4)5;2*1-2;/h2*2-7H,1H3;2*1H3,(H4,4,5,6,7);1-2H3;2H,1H3;1H4. The summed E-state index contributed by atoms with van der Waals surface area (Å²) in [6.45, 7) is 6.56. The van der Waals surface area contributed by atoms with Crippen molar-refractivity contribution in [3.8, 4) is 0 Å². The largest absolute Gasteiger partial charge is 0.400 e. The fraction of sp³-hybridized carbons (Fsp3) is 0.286. The van der Waals surface area contributed by atoms with Gasteiger partial charge in [0, 0.05) is 58.5 Å². The number of carbonyl (C=O) groups is 2. The zero-order valence-corrected chi connectivity index (χ0v) is 23.3. The smallest absolute Gasteiger partial charge is 0.245 e. The number of rotatable bonds is 0. The average molecular weight is 543 g/mol. The van der Waals surface area contributed by atoms with E-state index in [1.807, 2.05) is 13.8 Å². The summed E-state index contributed by atoms with van der Waals surface area (Å²) in [7, 11) is 5.12. The summed E-state index contributed by atoms with van der Waals surface area (Å²) in [6, 6.07) is 21.0. The Bertz CT molecular complexity index is 1180. The second kappa shape index (κ2) is 22.5. The normalized spacial score (nSPS) is 8.41. The number of hydrogen-bond donors (Lipinski definition) is 5. The van der Waals surface area contributed by atoms with Crippen LogP contribution in [0, 0.1) is 0 Å². The van der Waals surface area contributed by atoms with Gasteiger partial charge in [-0.05, 0) is 35.0 Å². The highest BCUT2D eigenvalue weighted by Crippen LogP contribution is 2.13. The molecular formula is C28H46N8O3. The van der Waals surface area contributed by atoms with Gasteiger partial charge in [0.25, 0.3) is 0 Å². The van der Waals surface area contributed by atoms with Gasteiger partial charge in [0.05, 0.1) is 0 Å². The molecule has 4 rings (SSSR count). The first-order valence-electron chi connectivity index (χ1n) is 11.7. The molecule has 0 aliphatic rings. The number of guanidine groups is 2. The van der Waals surface area contributed by atoms with Crippen LogP contribution in [0.15, 0.2) is 83.0 Å². The summed E-state index contributed by atoms with van der Waals surface area (Å²) in [5, 5.41) is 9.62. The minimum Gasteiger partial charge on any atom is -0.400 e. The van der Waals surface area contributed by atoms with Crippen LogP contribution in [0.5, 0.6) is 0 Å². The van der Waals surface area contributed by atoms with Crippen molar-refractivity contribution >= 4 is 45.5 Å². The van der Waals surface area contributed by atoms with Crippen molar-refractivity contribution in [3.05, 3.63) is 73.1 Å². The number of nitrogens with two attached hydrogens (primary N) is 4. The van der Waals surface area contributed by atoms with Crippen molar-refractivity contribution in [2.45, 2.75) is 35.1 Å². The molecule has 0 unspecified atom stereocenters. The van der Waals surface area contributed by atoms with Crippen molar-refractivity contribution in [3.63, 3.8) is 0 Å². The van der Waals surface area contributed by atoms with Crippen LogP contribution in [0.4, 0.5) is 0 Å². The molecule has 39 heavy (non-hydrogen) atoms. The van der Waals surface area contributed by atoms with E-state index in [0.29, 0.717) is 0 Å². The molecule has 2 aromatic heterocycles. The van der Waals surface area contributed by atoms with Crippen molar-refractivity contribution in [2.75, 3.05) is 7.11 Å². The number of aliphatic hydroxyl groups is 1. The molecule has 11 nitrogen and oxygen atoms in total. The van der Waals surface area contributed by atoms with E-state index in [-0.39, 0.29) is 31.2 Å². The molecule has 216 valence electrons. The maximum Gasteiger partial charge on any atom is 0.245 e. The second-order valence-electron chi connectivity index (χ2n) is 7.08. The number of aliphatic imine (C=N–C) groups is 2. The molecule has 0 aliphatic carbocycles. The van der Waals surface area contributed by atoms with Gasteiger partial charge in [-0.3, -0.25) is 9.59 Å². The van der Waals surface area contributed by atoms with Gasteiger partial charge in [0.15, 0.2) is 11.9 Å². The highest BCUT2D eigenvalue weighted by molar-refractivity contribution is 5.90. The maximum atomic E-state index is 9.91. The number of carbonyl (C=O) groups excluding carboxylic acids is 2. The van der Waals surface area contributed by atoms with Gasteiger partial charge in [-0.25, -0.2) is 0 Å². The Morgan fingerprint density at radius 3 is 1.13 bits per heavy atom. The van der Waals surface area contributed by atoms with E-state index >= 15 is 0 Å². The molecular weight excluding hydrogens is 496 g/mol. The first kappa shape index (κ1) is 38.9. The first-order chi connectivity index (χ1) is 18.0. The van der Waals surface area contributed by atoms with E-state index < -0.39 is 0 Å². The lowest BCUT2D eigenvalue weighted by molar-refractivity contribution is -0.116. The third-order valence-electron chi connectivity index (χ3n) is 4.16. The SMILES string of the molecule is C.CC.CC(=O)N=C(N)N.CC(=O)N=C(N)N.CO.Cn1ccc2ccccc21.Cn1ccc2ccccc21. The van der Waals surface area contributed by atoms with E-state index in [1.54, 1.807) is 0 Å². The molecule has 2 heterocycles. The second-order valence-corrected chi connectivity index (χ2v) is 7.08. The van der Waals surface area contributed by atoms with Gasteiger partial charge in [-0.15, -0.1) is 0 Å². The Labute approximate surface area is 231 Å². The number of aromatic nitrogens is 2. The number of para-hydroxylation sites is 2. The fourth-order valence-electron chi connectivity index (χ4n) is 2.81. The molecule has 0 fully saturated rings. The molecule has 2 aromatic carbocycles. The summed E-state index contributed by atoms with van der Waals surface area (Å²) >= 11 is 0. The quantitative estimate of drug-likeness (QED) is 0.166. The monoisotopic (exact) mass is 542 g/mol. The van der Waals surface area contributed by atoms with E-state index in [0.717, 1.165) is 7.11 Å². The lowest BCUT2D eigenvalue weighted by Gasteiger charge is -1.92. The lowest BCUT2D eigenvalue weighted by atomic mass is 10.2. The Kier molecular flexibility index (Phi) is 22.5. The average Bonchev–Trinajstić information content (AvgIpc) is 3.44. The number of aliphatic hydroxyl groups excluding tert-OH is 1. The van der Waals surface area contributed by atoms with Crippen molar-refractivity contribution in [1.82, 2.24) is 9.13 Å². The number of amides is 2. The van der Waals surface area contributed by atoms with Crippen LogP contribution in [0.2, 0.25) is 0 Å². The molecule has 0 aliphatic heterocycles. The molecule has 11 heteroatoms. The van der Waals surface area contributed by atoms with Crippen LogP contribution in [0.3, 0.4) is 0 Å². The molecule has 0 saturated heterocycles. The third-order valence-corrected chi connectivity index (χ3v) is 4.16. The lowest BCUT2D eigenvalue weighted by Crippen LogP contribution is -2.23. The first-order valence-corrected chi connectivity index (χ1v) is 11.7. The fourth-order valence-corrected chi connectivity index (χ4v) is 2.81. The molecule has 0 radical (unpaired) electrons. The topological polar surface area (TPSA) is 193 Å². The summed E-state index contributed by atoms with van der Waals surface area (Å²) in [5.41, 5.74) is 21.8. The van der Waals surface area contributed by atoms with Gasteiger partial charge in [-0.1, -0.05) is 57.7 Å². The molecule has 0 spiro atoms. The highest BCUT2D eigenvalue weighted by Gasteiger charge is 1.93. The number of nitrogens with zero attached hydrogens (tertiary/aromatic N) is 4. The van der Waals surface area contributed by atoms with Gasteiger partial charge >= 0.3 is 0 Å². The zero-order valence-electron chi connectivity index (χ0n) is 23.3. The summed E-state index contributed by atoms with van der Waals surface area (Å²) < 4.78 is 4.24. The van der Waals surface area contributed by atoms with E-state index in [1.165, 1.54) is 35.7 Å². The van der Waals surface area contributed by atoms with Crippen LogP contribution < -0.4 is 22.9 Å². The van der Waals surface area contributed by atoms with Crippen LogP contribution in [0.1, 0.15) is 35.1 Å².